The predicted molar refractivity (Wildman–Crippen MR) is 135 cm³/mol. The highest BCUT2D eigenvalue weighted by Crippen LogP contribution is 2.46. The number of nitrogens with zero attached hydrogens (tertiary/aromatic N) is 2. The number of carboxylic acid groups (broad SMARTS) is 1. The van der Waals surface area contributed by atoms with Crippen LogP contribution < -0.4 is 15.5 Å². The number of ether oxygens (including phenoxy) is 2. The summed E-state index contributed by atoms with van der Waals surface area (Å²) in [7, 11) is 0. The third-order valence-corrected chi connectivity index (χ3v) is 6.75. The van der Waals surface area contributed by atoms with Crippen molar-refractivity contribution < 1.29 is 28.6 Å². The van der Waals surface area contributed by atoms with E-state index in [0.29, 0.717) is 31.2 Å². The molecule has 0 bridgehead atoms. The Balaban J connectivity index is 1.49. The molecule has 0 saturated carbocycles. The van der Waals surface area contributed by atoms with Crippen molar-refractivity contribution in [1.82, 2.24) is 9.47 Å². The third-order valence-electron chi connectivity index (χ3n) is 6.75. The molecule has 1 fully saturated rings. The van der Waals surface area contributed by atoms with Gasteiger partial charge in [0, 0.05) is 32.3 Å². The molecule has 10 heteroatoms. The summed E-state index contributed by atoms with van der Waals surface area (Å²) in [4.78, 5) is 39.7. The SMILES string of the molecule is O=C(CCN1CCOCC1)Nc1c(F)cc2c(=O)c(C(=O)O)cn3c2c1Oc1cc2ccccc2cc1-3. The van der Waals surface area contributed by atoms with Gasteiger partial charge in [-0.3, -0.25) is 14.5 Å². The number of anilines is 1. The number of hydrogen-bond donors (Lipinski definition) is 2. The van der Waals surface area contributed by atoms with Crippen LogP contribution in [-0.4, -0.2) is 59.3 Å². The zero-order valence-electron chi connectivity index (χ0n) is 19.6. The van der Waals surface area contributed by atoms with Gasteiger partial charge in [-0.1, -0.05) is 24.3 Å². The van der Waals surface area contributed by atoms with Gasteiger partial charge in [-0.05, 0) is 29.0 Å². The van der Waals surface area contributed by atoms with E-state index in [4.69, 9.17) is 9.47 Å². The van der Waals surface area contributed by atoms with E-state index in [1.54, 1.807) is 6.07 Å². The van der Waals surface area contributed by atoms with Crippen molar-refractivity contribution in [1.29, 1.82) is 0 Å². The molecule has 1 aromatic heterocycles. The van der Waals surface area contributed by atoms with Crippen LogP contribution in [0.1, 0.15) is 16.8 Å². The van der Waals surface area contributed by atoms with Crippen LogP contribution in [0.4, 0.5) is 10.1 Å². The van der Waals surface area contributed by atoms with Crippen LogP contribution >= 0.6 is 0 Å². The summed E-state index contributed by atoms with van der Waals surface area (Å²) in [5.41, 5.74) is -0.856. The Morgan fingerprint density at radius 2 is 1.81 bits per heavy atom. The number of carbonyl (C=O) groups excluding carboxylic acids is 1. The number of rotatable bonds is 5. The van der Waals surface area contributed by atoms with E-state index >= 15 is 4.39 Å². The summed E-state index contributed by atoms with van der Waals surface area (Å²) < 4.78 is 28.4. The summed E-state index contributed by atoms with van der Waals surface area (Å²) >= 11 is 0. The van der Waals surface area contributed by atoms with Crippen molar-refractivity contribution in [2.45, 2.75) is 6.42 Å². The number of morpholine rings is 1. The number of hydrogen-bond acceptors (Lipinski definition) is 6. The van der Waals surface area contributed by atoms with Crippen molar-refractivity contribution in [2.24, 2.45) is 0 Å². The van der Waals surface area contributed by atoms with E-state index in [-0.39, 0.29) is 28.8 Å². The van der Waals surface area contributed by atoms with Gasteiger partial charge in [0.15, 0.2) is 17.3 Å². The maximum atomic E-state index is 15.4. The minimum Gasteiger partial charge on any atom is -0.477 e. The number of pyridine rings is 1. The second-order valence-electron chi connectivity index (χ2n) is 9.03. The Labute approximate surface area is 209 Å². The van der Waals surface area contributed by atoms with Gasteiger partial charge in [0.25, 0.3) is 0 Å². The molecule has 1 amide bonds. The van der Waals surface area contributed by atoms with Crippen molar-refractivity contribution in [3.8, 4) is 17.2 Å². The van der Waals surface area contributed by atoms with Gasteiger partial charge in [-0.25, -0.2) is 9.18 Å². The minimum absolute atomic E-state index is 0.0495. The van der Waals surface area contributed by atoms with Crippen LogP contribution in [0.2, 0.25) is 0 Å². The van der Waals surface area contributed by atoms with Gasteiger partial charge in [-0.15, -0.1) is 0 Å². The fraction of sp³-hybridized carbons (Fsp3) is 0.222. The lowest BCUT2D eigenvalue weighted by molar-refractivity contribution is -0.116. The molecular formula is C27H22FN3O6. The van der Waals surface area contributed by atoms with Gasteiger partial charge < -0.3 is 24.5 Å². The van der Waals surface area contributed by atoms with E-state index in [9.17, 15) is 19.5 Å². The molecule has 2 aliphatic heterocycles. The topological polar surface area (TPSA) is 110 Å². The van der Waals surface area contributed by atoms with Crippen molar-refractivity contribution in [2.75, 3.05) is 38.2 Å². The van der Waals surface area contributed by atoms with Crippen LogP contribution in [-0.2, 0) is 9.53 Å². The van der Waals surface area contributed by atoms with Crippen molar-refractivity contribution >= 4 is 39.2 Å². The Bertz CT molecular complexity index is 1660. The molecule has 3 heterocycles. The van der Waals surface area contributed by atoms with Gasteiger partial charge in [0.1, 0.15) is 16.8 Å². The van der Waals surface area contributed by atoms with Crippen molar-refractivity contribution in [3.63, 3.8) is 0 Å². The smallest absolute Gasteiger partial charge is 0.341 e. The maximum absolute atomic E-state index is 15.4. The molecule has 1 saturated heterocycles. The van der Waals surface area contributed by atoms with Gasteiger partial charge >= 0.3 is 5.97 Å². The Morgan fingerprint density at radius 1 is 1.08 bits per heavy atom. The molecule has 0 spiro atoms. The molecule has 6 rings (SSSR count). The Morgan fingerprint density at radius 3 is 2.54 bits per heavy atom. The number of nitrogens with one attached hydrogen (secondary N) is 1. The lowest BCUT2D eigenvalue weighted by Crippen LogP contribution is -2.38. The molecule has 3 aromatic carbocycles. The Hall–Kier alpha value is -4.28. The Kier molecular flexibility index (Phi) is 5.62. The molecule has 0 aliphatic carbocycles. The van der Waals surface area contributed by atoms with E-state index in [1.807, 2.05) is 30.3 Å². The molecule has 0 atom stereocenters. The van der Waals surface area contributed by atoms with E-state index < -0.39 is 28.7 Å². The average Bonchev–Trinajstić information content (AvgIpc) is 2.90. The first-order valence-electron chi connectivity index (χ1n) is 11.9. The molecule has 0 radical (unpaired) electrons. The maximum Gasteiger partial charge on any atom is 0.341 e. The molecular weight excluding hydrogens is 481 g/mol. The first kappa shape index (κ1) is 23.1. The lowest BCUT2D eigenvalue weighted by atomic mass is 10.0. The second kappa shape index (κ2) is 8.99. The molecule has 37 heavy (non-hydrogen) atoms. The number of carbonyl (C=O) groups is 2. The molecule has 188 valence electrons. The first-order valence-corrected chi connectivity index (χ1v) is 11.9. The van der Waals surface area contributed by atoms with Crippen LogP contribution in [0.3, 0.4) is 0 Å². The van der Waals surface area contributed by atoms with Crippen molar-refractivity contribution in [3.05, 3.63) is 70.3 Å². The van der Waals surface area contributed by atoms with Gasteiger partial charge in [-0.2, -0.15) is 0 Å². The minimum atomic E-state index is -1.42. The molecule has 0 unspecified atom stereocenters. The number of aromatic carboxylic acids is 1. The zero-order chi connectivity index (χ0) is 25.7. The number of carboxylic acids is 1. The summed E-state index contributed by atoms with van der Waals surface area (Å²) in [5, 5.41) is 13.8. The zero-order valence-corrected chi connectivity index (χ0v) is 19.6. The fourth-order valence-electron chi connectivity index (χ4n) is 4.86. The van der Waals surface area contributed by atoms with E-state index in [2.05, 4.69) is 10.2 Å². The molecule has 4 aromatic rings. The second-order valence-corrected chi connectivity index (χ2v) is 9.03. The highest BCUT2D eigenvalue weighted by Gasteiger charge is 2.29. The number of amides is 1. The molecule has 2 aliphatic rings. The summed E-state index contributed by atoms with van der Waals surface area (Å²) in [6.45, 7) is 3.12. The quantitative estimate of drug-likeness (QED) is 0.376. The largest absolute Gasteiger partial charge is 0.477 e. The lowest BCUT2D eigenvalue weighted by Gasteiger charge is -2.27. The fourth-order valence-corrected chi connectivity index (χ4v) is 4.86. The van der Waals surface area contributed by atoms with Crippen LogP contribution in [0.5, 0.6) is 11.5 Å². The third kappa shape index (κ3) is 4.00. The predicted octanol–water partition coefficient (Wildman–Crippen LogP) is 3.75. The van der Waals surface area contributed by atoms with E-state index in [1.165, 1.54) is 10.8 Å². The first-order chi connectivity index (χ1) is 17.9. The number of benzene rings is 3. The summed E-state index contributed by atoms with van der Waals surface area (Å²) in [6, 6.07) is 12.0. The highest BCUT2D eigenvalue weighted by molar-refractivity contribution is 6.03. The van der Waals surface area contributed by atoms with Crippen LogP contribution in [0.25, 0.3) is 27.4 Å². The average molecular weight is 503 g/mol. The molecule has 2 N–H and O–H groups in total. The number of aromatic nitrogens is 1. The number of halogens is 1. The van der Waals surface area contributed by atoms with Gasteiger partial charge in [0.05, 0.1) is 24.3 Å². The summed E-state index contributed by atoms with van der Waals surface area (Å²) in [5.74, 6) is -2.44. The van der Waals surface area contributed by atoms with Crippen LogP contribution in [0.15, 0.2) is 53.5 Å². The van der Waals surface area contributed by atoms with E-state index in [0.717, 1.165) is 29.9 Å². The standard InChI is InChI=1S/C27H22FN3O6/c28-19-13-17-24-26(23(19)29-22(32)5-6-30-7-9-36-10-8-30)37-21-12-16-4-2-1-3-15(16)11-20(21)31(24)14-18(25(17)33)27(34)35/h1-4,11-14H,5-10H2,(H,29,32)(H,34,35). The highest BCUT2D eigenvalue weighted by atomic mass is 19.1. The molecule has 9 nitrogen and oxygen atoms in total. The summed E-state index contributed by atoms with van der Waals surface area (Å²) in [6.07, 6.45) is 1.34. The number of fused-ring (bicyclic) bond motifs is 3. The monoisotopic (exact) mass is 503 g/mol. The van der Waals surface area contributed by atoms with Gasteiger partial charge in [0.2, 0.25) is 11.3 Å². The van der Waals surface area contributed by atoms with Crippen LogP contribution in [0, 0.1) is 5.82 Å². The normalized spacial score (nSPS) is 14.8.